The van der Waals surface area contributed by atoms with Crippen LogP contribution in [0.4, 0.5) is 5.69 Å². The molecule has 1 aromatic rings. The van der Waals surface area contributed by atoms with Gasteiger partial charge in [-0.1, -0.05) is 17.7 Å². The van der Waals surface area contributed by atoms with E-state index in [-0.39, 0.29) is 0 Å². The third kappa shape index (κ3) is 3.39. The molecule has 1 aliphatic heterocycles. The molecule has 0 radical (unpaired) electrons. The molecule has 2 nitrogen and oxygen atoms in total. The SMILES string of the molecule is Cc1ccc(N)c(CN2CCSC(C)(C)C2)c1. The second kappa shape index (κ2) is 4.91. The van der Waals surface area contributed by atoms with Gasteiger partial charge in [0.1, 0.15) is 0 Å². The van der Waals surface area contributed by atoms with E-state index in [0.717, 1.165) is 18.8 Å². The predicted molar refractivity (Wildman–Crippen MR) is 77.4 cm³/mol. The molecule has 0 bridgehead atoms. The smallest absolute Gasteiger partial charge is 0.0359 e. The Labute approximate surface area is 109 Å². The number of hydrogen-bond acceptors (Lipinski definition) is 3. The van der Waals surface area contributed by atoms with Gasteiger partial charge in [-0.15, -0.1) is 0 Å². The van der Waals surface area contributed by atoms with Crippen LogP contribution in [-0.2, 0) is 6.54 Å². The number of anilines is 1. The van der Waals surface area contributed by atoms with E-state index in [1.54, 1.807) is 0 Å². The summed E-state index contributed by atoms with van der Waals surface area (Å²) in [4.78, 5) is 2.52. The van der Waals surface area contributed by atoms with E-state index in [9.17, 15) is 0 Å². The molecule has 0 aliphatic carbocycles. The van der Waals surface area contributed by atoms with Crippen LogP contribution in [-0.4, -0.2) is 28.5 Å². The summed E-state index contributed by atoms with van der Waals surface area (Å²) in [5, 5.41) is 0. The second-order valence-electron chi connectivity index (χ2n) is 5.52. The molecule has 0 aromatic heterocycles. The molecular weight excluding hydrogens is 228 g/mol. The normalized spacial score (nSPS) is 20.4. The van der Waals surface area contributed by atoms with Crippen LogP contribution < -0.4 is 5.73 Å². The lowest BCUT2D eigenvalue weighted by atomic mass is 10.1. The van der Waals surface area contributed by atoms with Crippen molar-refractivity contribution in [3.05, 3.63) is 29.3 Å². The monoisotopic (exact) mass is 250 g/mol. The minimum Gasteiger partial charge on any atom is -0.398 e. The Morgan fingerprint density at radius 1 is 1.41 bits per heavy atom. The first kappa shape index (κ1) is 12.8. The van der Waals surface area contributed by atoms with Crippen molar-refractivity contribution in [1.82, 2.24) is 4.90 Å². The number of rotatable bonds is 2. The van der Waals surface area contributed by atoms with Gasteiger partial charge in [-0.05, 0) is 32.4 Å². The van der Waals surface area contributed by atoms with E-state index in [1.807, 2.05) is 6.07 Å². The lowest BCUT2D eigenvalue weighted by molar-refractivity contribution is 0.253. The maximum absolute atomic E-state index is 6.04. The van der Waals surface area contributed by atoms with Crippen LogP contribution in [0.2, 0.25) is 0 Å². The summed E-state index contributed by atoms with van der Waals surface area (Å²) < 4.78 is 0.372. The highest BCUT2D eigenvalue weighted by Crippen LogP contribution is 2.30. The minimum atomic E-state index is 0.372. The highest BCUT2D eigenvalue weighted by molar-refractivity contribution is 8.00. The summed E-state index contributed by atoms with van der Waals surface area (Å²) in [5.74, 6) is 1.22. The molecule has 2 rings (SSSR count). The van der Waals surface area contributed by atoms with E-state index < -0.39 is 0 Å². The first-order chi connectivity index (χ1) is 7.96. The van der Waals surface area contributed by atoms with Gasteiger partial charge in [0, 0.05) is 35.8 Å². The van der Waals surface area contributed by atoms with Crippen LogP contribution in [0.1, 0.15) is 25.0 Å². The fourth-order valence-corrected chi connectivity index (χ4v) is 3.54. The Kier molecular flexibility index (Phi) is 3.69. The summed E-state index contributed by atoms with van der Waals surface area (Å²) >= 11 is 2.07. The van der Waals surface area contributed by atoms with E-state index in [2.05, 4.69) is 49.6 Å². The van der Waals surface area contributed by atoms with Crippen LogP contribution in [0.3, 0.4) is 0 Å². The summed E-state index contributed by atoms with van der Waals surface area (Å²) in [6, 6.07) is 6.31. The van der Waals surface area contributed by atoms with Gasteiger partial charge in [0.2, 0.25) is 0 Å². The molecule has 1 fully saturated rings. The van der Waals surface area contributed by atoms with E-state index in [0.29, 0.717) is 4.75 Å². The molecule has 0 amide bonds. The number of nitrogens with two attached hydrogens (primary N) is 1. The lowest BCUT2D eigenvalue weighted by Gasteiger charge is -2.37. The van der Waals surface area contributed by atoms with Crippen molar-refractivity contribution in [2.45, 2.75) is 32.1 Å². The molecular formula is C14H22N2S. The summed E-state index contributed by atoms with van der Waals surface area (Å²) in [5.41, 5.74) is 9.53. The second-order valence-corrected chi connectivity index (χ2v) is 7.32. The minimum absolute atomic E-state index is 0.372. The summed E-state index contributed by atoms with van der Waals surface area (Å²) in [7, 11) is 0. The van der Waals surface area contributed by atoms with Crippen molar-refractivity contribution in [2.75, 3.05) is 24.6 Å². The summed E-state index contributed by atoms with van der Waals surface area (Å²) in [6.07, 6.45) is 0. The van der Waals surface area contributed by atoms with Crippen molar-refractivity contribution in [3.63, 3.8) is 0 Å². The molecule has 2 N–H and O–H groups in total. The maximum Gasteiger partial charge on any atom is 0.0359 e. The molecule has 1 aliphatic rings. The van der Waals surface area contributed by atoms with Crippen LogP contribution in [0.25, 0.3) is 0 Å². The Morgan fingerprint density at radius 2 is 2.18 bits per heavy atom. The van der Waals surface area contributed by atoms with Crippen LogP contribution in [0.15, 0.2) is 18.2 Å². The molecule has 17 heavy (non-hydrogen) atoms. The zero-order valence-electron chi connectivity index (χ0n) is 11.0. The average Bonchev–Trinajstić information content (AvgIpc) is 2.22. The van der Waals surface area contributed by atoms with E-state index in [4.69, 9.17) is 5.73 Å². The van der Waals surface area contributed by atoms with Crippen LogP contribution in [0, 0.1) is 6.92 Å². The largest absolute Gasteiger partial charge is 0.398 e. The zero-order valence-corrected chi connectivity index (χ0v) is 11.8. The number of aryl methyl sites for hydroxylation is 1. The molecule has 0 unspecified atom stereocenters. The number of nitrogens with zero attached hydrogens (tertiary/aromatic N) is 1. The highest BCUT2D eigenvalue weighted by Gasteiger charge is 2.27. The van der Waals surface area contributed by atoms with E-state index >= 15 is 0 Å². The highest BCUT2D eigenvalue weighted by atomic mass is 32.2. The van der Waals surface area contributed by atoms with Crippen molar-refractivity contribution in [1.29, 1.82) is 0 Å². The van der Waals surface area contributed by atoms with Crippen LogP contribution >= 0.6 is 11.8 Å². The Morgan fingerprint density at radius 3 is 2.88 bits per heavy atom. The molecule has 0 spiro atoms. The first-order valence-corrected chi connectivity index (χ1v) is 7.16. The van der Waals surface area contributed by atoms with Gasteiger partial charge in [-0.2, -0.15) is 11.8 Å². The van der Waals surface area contributed by atoms with E-state index in [1.165, 1.54) is 23.4 Å². The first-order valence-electron chi connectivity index (χ1n) is 6.18. The number of hydrogen-bond donors (Lipinski definition) is 1. The van der Waals surface area contributed by atoms with Gasteiger partial charge >= 0.3 is 0 Å². The Hall–Kier alpha value is -0.670. The third-order valence-corrected chi connectivity index (χ3v) is 4.49. The molecule has 1 heterocycles. The lowest BCUT2D eigenvalue weighted by Crippen LogP contribution is -2.42. The fraction of sp³-hybridized carbons (Fsp3) is 0.571. The Balaban J connectivity index is 2.07. The molecule has 3 heteroatoms. The van der Waals surface area contributed by atoms with Crippen molar-refractivity contribution in [3.8, 4) is 0 Å². The summed E-state index contributed by atoms with van der Waals surface area (Å²) in [6.45, 7) is 10.1. The van der Waals surface area contributed by atoms with Gasteiger partial charge in [-0.25, -0.2) is 0 Å². The van der Waals surface area contributed by atoms with Gasteiger partial charge < -0.3 is 5.73 Å². The number of thioether (sulfide) groups is 1. The third-order valence-electron chi connectivity index (χ3n) is 3.20. The van der Waals surface area contributed by atoms with Gasteiger partial charge in [-0.3, -0.25) is 4.90 Å². The van der Waals surface area contributed by atoms with Gasteiger partial charge in [0.25, 0.3) is 0 Å². The molecule has 0 saturated carbocycles. The fourth-order valence-electron chi connectivity index (χ4n) is 2.36. The molecule has 94 valence electrons. The quantitative estimate of drug-likeness (QED) is 0.818. The standard InChI is InChI=1S/C14H22N2S/c1-11-4-5-13(15)12(8-11)9-16-6-7-17-14(2,3)10-16/h4-5,8H,6-7,9-10,15H2,1-3H3. The molecule has 1 saturated heterocycles. The molecule has 1 aromatic carbocycles. The maximum atomic E-state index is 6.04. The van der Waals surface area contributed by atoms with Gasteiger partial charge in [0.15, 0.2) is 0 Å². The zero-order chi connectivity index (χ0) is 12.5. The van der Waals surface area contributed by atoms with Crippen LogP contribution in [0.5, 0.6) is 0 Å². The number of benzene rings is 1. The van der Waals surface area contributed by atoms with Gasteiger partial charge in [0.05, 0.1) is 0 Å². The molecule has 0 atom stereocenters. The predicted octanol–water partition coefficient (Wildman–Crippen LogP) is 2.90. The van der Waals surface area contributed by atoms with Crippen molar-refractivity contribution in [2.24, 2.45) is 0 Å². The van der Waals surface area contributed by atoms with Crippen molar-refractivity contribution < 1.29 is 0 Å². The Bertz CT molecular complexity index is 401. The topological polar surface area (TPSA) is 29.3 Å². The average molecular weight is 250 g/mol. The number of nitrogen functional groups attached to an aromatic ring is 1. The van der Waals surface area contributed by atoms with Crippen molar-refractivity contribution >= 4 is 17.4 Å².